The Morgan fingerprint density at radius 2 is 1.97 bits per heavy atom. The highest BCUT2D eigenvalue weighted by atomic mass is 35.5. The van der Waals surface area contributed by atoms with E-state index in [2.05, 4.69) is 33.0 Å². The van der Waals surface area contributed by atoms with Crippen molar-refractivity contribution >= 4 is 23.3 Å². The van der Waals surface area contributed by atoms with E-state index >= 15 is 0 Å². The Labute approximate surface area is 182 Å². The molecule has 1 aromatic carbocycles. The topological polar surface area (TPSA) is 64.6 Å². The van der Waals surface area contributed by atoms with Crippen LogP contribution in [0.3, 0.4) is 0 Å². The van der Waals surface area contributed by atoms with E-state index in [4.69, 9.17) is 21.1 Å². The lowest BCUT2D eigenvalue weighted by Gasteiger charge is -2.65. The molecule has 0 saturated heterocycles. The standard InChI is InChI=1S/C24H30ClNO4/c1-12-6-7-16-22(2,3)17(27)8-9-24(16)23(12,4)11-14-15(25)10-13-18(19(14)30-24)21(29-5)26-20(13)28/h10,12,16,21H,6-9,11H2,1-5H3,(H,26,28)/t12-,16-,21?,23+,24-/m0/s1. The van der Waals surface area contributed by atoms with Crippen LogP contribution in [-0.4, -0.2) is 24.4 Å². The number of halogens is 1. The Morgan fingerprint density at radius 1 is 1.23 bits per heavy atom. The van der Waals surface area contributed by atoms with Crippen LogP contribution in [0.1, 0.15) is 81.1 Å². The number of amides is 1. The summed E-state index contributed by atoms with van der Waals surface area (Å²) in [6.45, 7) is 8.79. The van der Waals surface area contributed by atoms with Gasteiger partial charge in [-0.25, -0.2) is 0 Å². The second-order valence-electron chi connectivity index (χ2n) is 10.5. The maximum atomic E-state index is 12.9. The van der Waals surface area contributed by atoms with Gasteiger partial charge in [-0.3, -0.25) is 9.59 Å². The van der Waals surface area contributed by atoms with Crippen LogP contribution in [0.2, 0.25) is 5.02 Å². The van der Waals surface area contributed by atoms with Crippen molar-refractivity contribution in [2.24, 2.45) is 22.7 Å². The zero-order valence-corrected chi connectivity index (χ0v) is 19.1. The maximum absolute atomic E-state index is 12.9. The maximum Gasteiger partial charge on any atom is 0.254 e. The molecule has 0 radical (unpaired) electrons. The normalized spacial score (nSPS) is 38.7. The number of ether oxygens (including phenoxy) is 2. The summed E-state index contributed by atoms with van der Waals surface area (Å²) < 4.78 is 12.7. The van der Waals surface area contributed by atoms with Crippen molar-refractivity contribution < 1.29 is 19.1 Å². The number of hydrogen-bond donors (Lipinski definition) is 1. The highest BCUT2D eigenvalue weighted by Gasteiger charge is 2.68. The fraction of sp³-hybridized carbons (Fsp3) is 0.667. The summed E-state index contributed by atoms with van der Waals surface area (Å²) in [6.07, 6.45) is 3.51. The molecule has 2 fully saturated rings. The van der Waals surface area contributed by atoms with E-state index in [-0.39, 0.29) is 17.2 Å². The molecule has 30 heavy (non-hydrogen) atoms. The number of carbonyl (C=O) groups is 2. The number of carbonyl (C=O) groups excluding carboxylic acids is 2. The fourth-order valence-corrected chi connectivity index (χ4v) is 7.24. The average molecular weight is 432 g/mol. The minimum Gasteiger partial charge on any atom is -0.486 e. The monoisotopic (exact) mass is 431 g/mol. The minimum atomic E-state index is -0.544. The van der Waals surface area contributed by atoms with Crippen LogP contribution in [0.5, 0.6) is 5.75 Å². The third kappa shape index (κ3) is 2.28. The van der Waals surface area contributed by atoms with Gasteiger partial charge in [0.15, 0.2) is 6.23 Å². The summed E-state index contributed by atoms with van der Waals surface area (Å²) in [7, 11) is 1.58. The lowest BCUT2D eigenvalue weighted by molar-refractivity contribution is -0.209. The third-order valence-electron chi connectivity index (χ3n) is 9.02. The van der Waals surface area contributed by atoms with Crippen LogP contribution in [0.4, 0.5) is 0 Å². The number of Topliss-reactive ketones (excluding diaryl/α,β-unsaturated/α-hetero) is 1. The quantitative estimate of drug-likeness (QED) is 0.690. The van der Waals surface area contributed by atoms with Gasteiger partial charge in [0.1, 0.15) is 17.1 Å². The van der Waals surface area contributed by atoms with Crippen LogP contribution in [-0.2, 0) is 16.0 Å². The van der Waals surface area contributed by atoms with Gasteiger partial charge in [-0.2, -0.15) is 0 Å². The number of methoxy groups -OCH3 is 1. The lowest BCUT2D eigenvalue weighted by Crippen LogP contribution is -2.69. The van der Waals surface area contributed by atoms with E-state index in [1.165, 1.54) is 0 Å². The predicted octanol–water partition coefficient (Wildman–Crippen LogP) is 4.84. The van der Waals surface area contributed by atoms with E-state index in [9.17, 15) is 9.59 Å². The van der Waals surface area contributed by atoms with Crippen molar-refractivity contribution in [1.29, 1.82) is 0 Å². The van der Waals surface area contributed by atoms with E-state index in [0.29, 0.717) is 40.9 Å². The molecule has 4 aliphatic rings. The molecular weight excluding hydrogens is 402 g/mol. The second kappa shape index (κ2) is 6.23. The molecular formula is C24H30ClNO4. The Balaban J connectivity index is 1.76. The predicted molar refractivity (Wildman–Crippen MR) is 114 cm³/mol. The smallest absolute Gasteiger partial charge is 0.254 e. The van der Waals surface area contributed by atoms with Crippen LogP contribution < -0.4 is 10.1 Å². The van der Waals surface area contributed by atoms with Crippen molar-refractivity contribution in [3.63, 3.8) is 0 Å². The van der Waals surface area contributed by atoms with Gasteiger partial charge in [-0.1, -0.05) is 39.3 Å². The largest absolute Gasteiger partial charge is 0.486 e. The molecule has 1 amide bonds. The summed E-state index contributed by atoms with van der Waals surface area (Å²) in [5.74, 6) is 1.40. The Hall–Kier alpha value is -1.59. The molecule has 1 spiro atoms. The van der Waals surface area contributed by atoms with Crippen molar-refractivity contribution in [3.8, 4) is 5.75 Å². The first kappa shape index (κ1) is 20.3. The highest BCUT2D eigenvalue weighted by molar-refractivity contribution is 6.32. The molecule has 2 aliphatic heterocycles. The van der Waals surface area contributed by atoms with Gasteiger partial charge in [0, 0.05) is 40.9 Å². The van der Waals surface area contributed by atoms with Crippen molar-refractivity contribution in [1.82, 2.24) is 5.32 Å². The summed E-state index contributed by atoms with van der Waals surface area (Å²) in [5.41, 5.74) is 1.20. The molecule has 6 heteroatoms. The van der Waals surface area contributed by atoms with E-state index < -0.39 is 17.2 Å². The first-order valence-corrected chi connectivity index (χ1v) is 11.4. The molecule has 5 rings (SSSR count). The molecule has 2 heterocycles. The molecule has 162 valence electrons. The van der Waals surface area contributed by atoms with E-state index in [0.717, 1.165) is 30.4 Å². The Morgan fingerprint density at radius 3 is 2.67 bits per heavy atom. The SMILES string of the molecule is COC1NC(=O)c2cc(Cl)c3c(c21)O[C@@]12CCC(=O)C(C)(C)[C@@H]1CC[C@H](C)[C@@]2(C)C3. The second-order valence-corrected chi connectivity index (χ2v) is 10.9. The number of benzene rings is 1. The number of nitrogens with one attached hydrogen (secondary N) is 1. The molecule has 1 aromatic rings. The summed E-state index contributed by atoms with van der Waals surface area (Å²) in [5, 5.41) is 3.45. The lowest BCUT2D eigenvalue weighted by atomic mass is 9.44. The van der Waals surface area contributed by atoms with E-state index in [1.807, 2.05) is 0 Å². The van der Waals surface area contributed by atoms with Crippen LogP contribution in [0.15, 0.2) is 6.07 Å². The van der Waals surface area contributed by atoms with Crippen molar-refractivity contribution in [2.75, 3.05) is 7.11 Å². The molecule has 2 saturated carbocycles. The molecule has 2 aliphatic carbocycles. The number of ketones is 1. The highest BCUT2D eigenvalue weighted by Crippen LogP contribution is 2.66. The molecule has 5 nitrogen and oxygen atoms in total. The Bertz CT molecular complexity index is 972. The molecule has 1 N–H and O–H groups in total. The Kier molecular flexibility index (Phi) is 4.22. The third-order valence-corrected chi connectivity index (χ3v) is 9.36. The number of hydrogen-bond acceptors (Lipinski definition) is 4. The summed E-state index contributed by atoms with van der Waals surface area (Å²) in [6, 6.07) is 1.76. The van der Waals surface area contributed by atoms with Crippen LogP contribution in [0.25, 0.3) is 0 Å². The first-order valence-electron chi connectivity index (χ1n) is 11.0. The van der Waals surface area contributed by atoms with Gasteiger partial charge in [0.2, 0.25) is 0 Å². The van der Waals surface area contributed by atoms with Gasteiger partial charge in [-0.15, -0.1) is 0 Å². The fourth-order valence-electron chi connectivity index (χ4n) is 6.97. The zero-order chi connectivity index (χ0) is 21.6. The first-order chi connectivity index (χ1) is 14.1. The number of fused-ring (bicyclic) bond motifs is 3. The molecule has 5 atom stereocenters. The average Bonchev–Trinajstić information content (AvgIpc) is 3.01. The minimum absolute atomic E-state index is 0.126. The van der Waals surface area contributed by atoms with E-state index in [1.54, 1.807) is 13.2 Å². The van der Waals surface area contributed by atoms with Gasteiger partial charge >= 0.3 is 0 Å². The van der Waals surface area contributed by atoms with Gasteiger partial charge in [0.05, 0.1) is 11.1 Å². The number of rotatable bonds is 1. The summed E-state index contributed by atoms with van der Waals surface area (Å²) in [4.78, 5) is 25.5. The van der Waals surface area contributed by atoms with Gasteiger partial charge < -0.3 is 14.8 Å². The van der Waals surface area contributed by atoms with Crippen molar-refractivity contribution in [3.05, 3.63) is 27.8 Å². The van der Waals surface area contributed by atoms with Crippen LogP contribution in [0, 0.1) is 22.7 Å². The molecule has 0 bridgehead atoms. The van der Waals surface area contributed by atoms with Gasteiger partial charge in [-0.05, 0) is 37.7 Å². The van der Waals surface area contributed by atoms with Crippen molar-refractivity contribution in [2.45, 2.75) is 71.6 Å². The van der Waals surface area contributed by atoms with Gasteiger partial charge in [0.25, 0.3) is 5.91 Å². The molecule has 1 unspecified atom stereocenters. The molecule has 0 aromatic heterocycles. The zero-order valence-electron chi connectivity index (χ0n) is 18.4. The van der Waals surface area contributed by atoms with Crippen LogP contribution >= 0.6 is 11.6 Å². The summed E-state index contributed by atoms with van der Waals surface area (Å²) >= 11 is 6.72.